The first-order valence-electron chi connectivity index (χ1n) is 6.43. The molecule has 16 heavy (non-hydrogen) atoms. The Morgan fingerprint density at radius 2 is 1.94 bits per heavy atom. The average molecular weight is 229 g/mol. The van der Waals surface area contributed by atoms with Crippen molar-refractivity contribution in [2.24, 2.45) is 11.7 Å². The molecular formula is C13H27NO2. The normalized spacial score (nSPS) is 31.7. The summed E-state index contributed by atoms with van der Waals surface area (Å²) < 4.78 is 5.96. The Hall–Kier alpha value is -0.120. The van der Waals surface area contributed by atoms with Gasteiger partial charge in [0.05, 0.1) is 17.8 Å². The number of hydrogen-bond donors (Lipinski definition) is 2. The topological polar surface area (TPSA) is 55.5 Å². The van der Waals surface area contributed by atoms with Crippen LogP contribution in [0.4, 0.5) is 0 Å². The summed E-state index contributed by atoms with van der Waals surface area (Å²) in [5, 5.41) is 9.63. The highest BCUT2D eigenvalue weighted by Gasteiger charge is 2.34. The van der Waals surface area contributed by atoms with Gasteiger partial charge in [0.15, 0.2) is 0 Å². The molecule has 0 aromatic carbocycles. The van der Waals surface area contributed by atoms with Crippen LogP contribution in [-0.2, 0) is 4.74 Å². The minimum absolute atomic E-state index is 0.113. The number of hydrogen-bond acceptors (Lipinski definition) is 3. The lowest BCUT2D eigenvalue weighted by Crippen LogP contribution is -2.44. The Morgan fingerprint density at radius 1 is 1.38 bits per heavy atom. The molecule has 1 fully saturated rings. The molecule has 0 spiro atoms. The van der Waals surface area contributed by atoms with Crippen LogP contribution in [0.1, 0.15) is 52.9 Å². The summed E-state index contributed by atoms with van der Waals surface area (Å²) in [5.41, 5.74) is 5.09. The Kier molecular flexibility index (Phi) is 4.77. The Bertz CT molecular complexity index is 202. The fourth-order valence-electron chi connectivity index (χ4n) is 2.21. The van der Waals surface area contributed by atoms with E-state index in [0.29, 0.717) is 19.6 Å². The molecule has 0 aliphatic heterocycles. The van der Waals surface area contributed by atoms with Gasteiger partial charge < -0.3 is 15.6 Å². The molecule has 0 aromatic heterocycles. The van der Waals surface area contributed by atoms with Crippen molar-refractivity contribution in [1.82, 2.24) is 0 Å². The minimum atomic E-state index is -0.641. The molecule has 0 bridgehead atoms. The van der Waals surface area contributed by atoms with E-state index in [2.05, 4.69) is 6.92 Å². The van der Waals surface area contributed by atoms with Crippen LogP contribution in [0.15, 0.2) is 0 Å². The largest absolute Gasteiger partial charge is 0.390 e. The van der Waals surface area contributed by atoms with Crippen molar-refractivity contribution in [3.63, 3.8) is 0 Å². The van der Waals surface area contributed by atoms with Crippen LogP contribution in [0.5, 0.6) is 0 Å². The first kappa shape index (κ1) is 13.9. The van der Waals surface area contributed by atoms with Gasteiger partial charge in [-0.1, -0.05) is 6.92 Å². The molecule has 1 saturated carbocycles. The predicted molar refractivity (Wildman–Crippen MR) is 66.3 cm³/mol. The van der Waals surface area contributed by atoms with E-state index in [9.17, 15) is 5.11 Å². The van der Waals surface area contributed by atoms with Gasteiger partial charge in [0, 0.05) is 6.54 Å². The fraction of sp³-hybridized carbons (Fsp3) is 1.00. The van der Waals surface area contributed by atoms with Gasteiger partial charge in [0.25, 0.3) is 0 Å². The molecule has 1 aliphatic carbocycles. The van der Waals surface area contributed by atoms with Crippen molar-refractivity contribution in [3.8, 4) is 0 Å². The molecule has 0 saturated heterocycles. The van der Waals surface area contributed by atoms with Gasteiger partial charge >= 0.3 is 0 Å². The smallest absolute Gasteiger partial charge is 0.0804 e. The lowest BCUT2D eigenvalue weighted by molar-refractivity contribution is -0.0860. The summed E-state index contributed by atoms with van der Waals surface area (Å²) in [7, 11) is 0. The van der Waals surface area contributed by atoms with Gasteiger partial charge in [-0.2, -0.15) is 0 Å². The molecule has 0 aromatic rings. The zero-order valence-electron chi connectivity index (χ0n) is 11.0. The fourth-order valence-corrected chi connectivity index (χ4v) is 2.21. The second-order valence-electron chi connectivity index (χ2n) is 5.98. The Morgan fingerprint density at radius 3 is 2.38 bits per heavy atom. The highest BCUT2D eigenvalue weighted by atomic mass is 16.5. The minimum Gasteiger partial charge on any atom is -0.390 e. The molecule has 3 heteroatoms. The highest BCUT2D eigenvalue weighted by Crippen LogP contribution is 2.34. The van der Waals surface area contributed by atoms with Crippen LogP contribution >= 0.6 is 0 Å². The van der Waals surface area contributed by atoms with Crippen molar-refractivity contribution in [3.05, 3.63) is 0 Å². The SMILES string of the molecule is CC1CCC(CN)(OCCC(C)(C)O)CC1. The maximum Gasteiger partial charge on any atom is 0.0804 e. The third-order valence-corrected chi connectivity index (χ3v) is 3.68. The van der Waals surface area contributed by atoms with E-state index in [1.54, 1.807) is 0 Å². The first-order valence-corrected chi connectivity index (χ1v) is 6.43. The van der Waals surface area contributed by atoms with Crippen molar-refractivity contribution in [2.75, 3.05) is 13.2 Å². The maximum absolute atomic E-state index is 9.63. The molecule has 0 unspecified atom stereocenters. The van der Waals surface area contributed by atoms with E-state index in [0.717, 1.165) is 18.8 Å². The van der Waals surface area contributed by atoms with Gasteiger partial charge in [0.1, 0.15) is 0 Å². The van der Waals surface area contributed by atoms with E-state index < -0.39 is 5.60 Å². The Labute approximate surface area is 99.4 Å². The van der Waals surface area contributed by atoms with Gasteiger partial charge in [-0.15, -0.1) is 0 Å². The number of ether oxygens (including phenoxy) is 1. The van der Waals surface area contributed by atoms with Gasteiger partial charge in [-0.25, -0.2) is 0 Å². The number of rotatable bonds is 5. The third kappa shape index (κ3) is 4.40. The quantitative estimate of drug-likeness (QED) is 0.759. The van der Waals surface area contributed by atoms with Crippen LogP contribution in [0.2, 0.25) is 0 Å². The van der Waals surface area contributed by atoms with Crippen molar-refractivity contribution >= 4 is 0 Å². The summed E-state index contributed by atoms with van der Waals surface area (Å²) in [6.45, 7) is 7.13. The second kappa shape index (κ2) is 5.48. The molecule has 0 atom stereocenters. The molecule has 0 radical (unpaired) electrons. The van der Waals surface area contributed by atoms with Crippen LogP contribution in [0.3, 0.4) is 0 Å². The summed E-state index contributed by atoms with van der Waals surface area (Å²) in [6, 6.07) is 0. The first-order chi connectivity index (χ1) is 7.37. The molecule has 3 nitrogen and oxygen atoms in total. The average Bonchev–Trinajstić information content (AvgIpc) is 2.20. The van der Waals surface area contributed by atoms with E-state index in [-0.39, 0.29) is 5.60 Å². The number of nitrogens with two attached hydrogens (primary N) is 1. The third-order valence-electron chi connectivity index (χ3n) is 3.68. The van der Waals surface area contributed by atoms with Crippen LogP contribution in [0, 0.1) is 5.92 Å². The van der Waals surface area contributed by atoms with E-state index in [1.165, 1.54) is 12.8 Å². The van der Waals surface area contributed by atoms with Gasteiger partial charge in [0.2, 0.25) is 0 Å². The number of aliphatic hydroxyl groups is 1. The van der Waals surface area contributed by atoms with E-state index in [1.807, 2.05) is 13.8 Å². The van der Waals surface area contributed by atoms with Crippen molar-refractivity contribution in [1.29, 1.82) is 0 Å². The zero-order valence-corrected chi connectivity index (χ0v) is 11.0. The van der Waals surface area contributed by atoms with Crippen LogP contribution < -0.4 is 5.73 Å². The molecular weight excluding hydrogens is 202 g/mol. The molecule has 0 heterocycles. The maximum atomic E-state index is 9.63. The van der Waals surface area contributed by atoms with E-state index in [4.69, 9.17) is 10.5 Å². The monoisotopic (exact) mass is 229 g/mol. The highest BCUT2D eigenvalue weighted by molar-refractivity contribution is 4.87. The van der Waals surface area contributed by atoms with Crippen LogP contribution in [0.25, 0.3) is 0 Å². The van der Waals surface area contributed by atoms with Gasteiger partial charge in [-0.05, 0) is 51.9 Å². The molecule has 96 valence electrons. The second-order valence-corrected chi connectivity index (χ2v) is 5.98. The Balaban J connectivity index is 2.36. The molecule has 1 aliphatic rings. The van der Waals surface area contributed by atoms with Gasteiger partial charge in [-0.3, -0.25) is 0 Å². The summed E-state index contributed by atoms with van der Waals surface area (Å²) >= 11 is 0. The lowest BCUT2D eigenvalue weighted by Gasteiger charge is -2.39. The van der Waals surface area contributed by atoms with E-state index >= 15 is 0 Å². The molecule has 0 amide bonds. The molecule has 1 rings (SSSR count). The predicted octanol–water partition coefficient (Wildman–Crippen LogP) is 2.07. The molecule has 3 N–H and O–H groups in total. The summed E-state index contributed by atoms with van der Waals surface area (Å²) in [6.07, 6.45) is 5.22. The van der Waals surface area contributed by atoms with Crippen molar-refractivity contribution < 1.29 is 9.84 Å². The van der Waals surface area contributed by atoms with Crippen LogP contribution in [-0.4, -0.2) is 29.5 Å². The summed E-state index contributed by atoms with van der Waals surface area (Å²) in [4.78, 5) is 0. The standard InChI is InChI=1S/C13H27NO2/c1-11-4-6-13(10-14,7-5-11)16-9-8-12(2,3)15/h11,15H,4-10,14H2,1-3H3. The zero-order chi connectivity index (χ0) is 12.2. The van der Waals surface area contributed by atoms with Crippen molar-refractivity contribution in [2.45, 2.75) is 64.1 Å². The lowest BCUT2D eigenvalue weighted by atomic mass is 9.79. The summed E-state index contributed by atoms with van der Waals surface area (Å²) in [5.74, 6) is 0.803.